The Hall–Kier alpha value is -2.56. The van der Waals surface area contributed by atoms with Crippen molar-refractivity contribution >= 4 is 28.6 Å². The Kier molecular flexibility index (Phi) is 5.76. The quantitative estimate of drug-likeness (QED) is 0.496. The number of aryl methyl sites for hydroxylation is 1. The monoisotopic (exact) mass is 353 g/mol. The van der Waals surface area contributed by atoms with Crippen LogP contribution in [0.15, 0.2) is 34.7 Å². The van der Waals surface area contributed by atoms with Crippen molar-refractivity contribution in [3.05, 3.63) is 46.3 Å². The minimum atomic E-state index is -0.185. The number of nitrogens with one attached hydrogen (secondary N) is 1. The van der Waals surface area contributed by atoms with Gasteiger partial charge in [-0.2, -0.15) is 0 Å². The first-order chi connectivity index (χ1) is 12.6. The Morgan fingerprint density at radius 1 is 1.23 bits per heavy atom. The number of hydrogen-bond donors (Lipinski definition) is 1. The molecule has 0 radical (unpaired) electrons. The molecule has 0 saturated carbocycles. The number of H-pyrrole nitrogens is 1. The van der Waals surface area contributed by atoms with E-state index >= 15 is 0 Å². The summed E-state index contributed by atoms with van der Waals surface area (Å²) in [7, 11) is 0. The largest absolute Gasteiger partial charge is 0.370 e. The van der Waals surface area contributed by atoms with Gasteiger partial charge in [0.25, 0.3) is 5.56 Å². The molecule has 2 heterocycles. The molecule has 3 rings (SSSR count). The van der Waals surface area contributed by atoms with Crippen LogP contribution in [0, 0.1) is 6.92 Å². The SMILES string of the molecule is C=C(O/N=C/C)c1c(N2CCCCCCC2)c2cc(C)ccc2[nH]c1=O. The summed E-state index contributed by atoms with van der Waals surface area (Å²) in [6.45, 7) is 9.66. The molecule has 138 valence electrons. The lowest BCUT2D eigenvalue weighted by molar-refractivity contribution is 0.300. The van der Waals surface area contributed by atoms with E-state index in [0.717, 1.165) is 48.1 Å². The van der Waals surface area contributed by atoms with Gasteiger partial charge in [-0.25, -0.2) is 0 Å². The zero-order chi connectivity index (χ0) is 18.5. The van der Waals surface area contributed by atoms with Crippen LogP contribution in [0.5, 0.6) is 0 Å². The molecule has 1 aliphatic rings. The maximum atomic E-state index is 12.9. The molecule has 0 amide bonds. The third kappa shape index (κ3) is 3.82. The van der Waals surface area contributed by atoms with Gasteiger partial charge >= 0.3 is 0 Å². The molecule has 5 heteroatoms. The molecule has 0 spiro atoms. The summed E-state index contributed by atoms with van der Waals surface area (Å²) in [5.74, 6) is 0.282. The number of rotatable bonds is 4. The molecule has 0 bridgehead atoms. The van der Waals surface area contributed by atoms with Crippen molar-refractivity contribution in [2.75, 3.05) is 18.0 Å². The van der Waals surface area contributed by atoms with E-state index in [2.05, 4.69) is 34.6 Å². The summed E-state index contributed by atoms with van der Waals surface area (Å²) in [6, 6.07) is 6.11. The molecule has 1 fully saturated rings. The Labute approximate surface area is 154 Å². The first-order valence-electron chi connectivity index (χ1n) is 9.37. The molecule has 1 aromatic carbocycles. The second-order valence-electron chi connectivity index (χ2n) is 6.86. The third-order valence-corrected chi connectivity index (χ3v) is 4.86. The van der Waals surface area contributed by atoms with Crippen LogP contribution in [0.2, 0.25) is 0 Å². The minimum absolute atomic E-state index is 0.185. The lowest BCUT2D eigenvalue weighted by Crippen LogP contribution is -2.30. The molecule has 0 atom stereocenters. The molecule has 0 unspecified atom stereocenters. The highest BCUT2D eigenvalue weighted by atomic mass is 16.6. The Morgan fingerprint density at radius 3 is 2.62 bits per heavy atom. The first-order valence-corrected chi connectivity index (χ1v) is 9.37. The van der Waals surface area contributed by atoms with E-state index < -0.39 is 0 Å². The summed E-state index contributed by atoms with van der Waals surface area (Å²) in [5.41, 5.74) is 3.21. The maximum absolute atomic E-state index is 12.9. The number of oxime groups is 1. The Balaban J connectivity index is 2.21. The number of pyridine rings is 1. The van der Waals surface area contributed by atoms with E-state index in [0.29, 0.717) is 5.56 Å². The number of nitrogens with zero attached hydrogens (tertiary/aromatic N) is 2. The predicted octanol–water partition coefficient (Wildman–Crippen LogP) is 4.60. The third-order valence-electron chi connectivity index (χ3n) is 4.86. The van der Waals surface area contributed by atoms with E-state index in [9.17, 15) is 4.79 Å². The van der Waals surface area contributed by atoms with Gasteiger partial charge in [0.2, 0.25) is 0 Å². The first kappa shape index (κ1) is 18.2. The number of anilines is 1. The van der Waals surface area contributed by atoms with Crippen molar-refractivity contribution in [3.63, 3.8) is 0 Å². The molecular formula is C21H27N3O2. The van der Waals surface area contributed by atoms with Gasteiger partial charge in [0.15, 0.2) is 5.76 Å². The highest BCUT2D eigenvalue weighted by Gasteiger charge is 2.22. The van der Waals surface area contributed by atoms with E-state index in [1.54, 1.807) is 13.1 Å². The van der Waals surface area contributed by atoms with Crippen LogP contribution < -0.4 is 10.5 Å². The summed E-state index contributed by atoms with van der Waals surface area (Å²) in [6.07, 6.45) is 7.53. The van der Waals surface area contributed by atoms with Crippen LogP contribution in [0.3, 0.4) is 0 Å². The zero-order valence-electron chi connectivity index (χ0n) is 15.7. The zero-order valence-corrected chi connectivity index (χ0v) is 15.7. The number of aromatic nitrogens is 1. The molecule has 1 N–H and O–H groups in total. The fourth-order valence-electron chi connectivity index (χ4n) is 3.61. The smallest absolute Gasteiger partial charge is 0.261 e. The number of fused-ring (bicyclic) bond motifs is 1. The summed E-state index contributed by atoms with van der Waals surface area (Å²) < 4.78 is 0. The van der Waals surface area contributed by atoms with Crippen molar-refractivity contribution in [1.82, 2.24) is 4.98 Å². The van der Waals surface area contributed by atoms with Crippen LogP contribution in [0.4, 0.5) is 5.69 Å². The summed E-state index contributed by atoms with van der Waals surface area (Å²) in [4.78, 5) is 23.5. The van der Waals surface area contributed by atoms with Gasteiger partial charge in [-0.05, 0) is 38.8 Å². The average Bonchev–Trinajstić information content (AvgIpc) is 2.59. The molecule has 1 saturated heterocycles. The predicted molar refractivity (Wildman–Crippen MR) is 109 cm³/mol. The van der Waals surface area contributed by atoms with E-state index in [1.165, 1.54) is 19.3 Å². The lowest BCUT2D eigenvalue weighted by Gasteiger charge is -2.30. The summed E-state index contributed by atoms with van der Waals surface area (Å²) in [5, 5.41) is 4.84. The number of hydrogen-bond acceptors (Lipinski definition) is 4. The van der Waals surface area contributed by atoms with Crippen LogP contribution in [-0.4, -0.2) is 24.3 Å². The fourth-order valence-corrected chi connectivity index (χ4v) is 3.61. The molecule has 1 aliphatic heterocycles. The van der Waals surface area contributed by atoms with Gasteiger partial charge in [0.05, 0.1) is 11.2 Å². The number of benzene rings is 1. The fraction of sp³-hybridized carbons (Fsp3) is 0.429. The van der Waals surface area contributed by atoms with Gasteiger partial charge in [0.1, 0.15) is 5.56 Å². The van der Waals surface area contributed by atoms with Crippen LogP contribution in [0.1, 0.15) is 50.2 Å². The van der Waals surface area contributed by atoms with E-state index in [4.69, 9.17) is 4.84 Å². The molecule has 26 heavy (non-hydrogen) atoms. The molecule has 0 aliphatic carbocycles. The highest BCUT2D eigenvalue weighted by Crippen LogP contribution is 2.33. The standard InChI is InChI=1S/C21H27N3O2/c1-4-22-26-16(3)19-20(24-12-8-6-5-7-9-13-24)17-14-15(2)10-11-18(17)23-21(19)25/h4,10-11,14H,3,5-9,12-13H2,1-2H3,(H,23,25)/b22-4+. The van der Waals surface area contributed by atoms with Crippen LogP contribution >= 0.6 is 0 Å². The average molecular weight is 353 g/mol. The normalized spacial score (nSPS) is 15.8. The van der Waals surface area contributed by atoms with Gasteiger partial charge in [-0.15, -0.1) is 0 Å². The van der Waals surface area contributed by atoms with Crippen LogP contribution in [0.25, 0.3) is 16.7 Å². The van der Waals surface area contributed by atoms with Crippen molar-refractivity contribution < 1.29 is 4.84 Å². The van der Waals surface area contributed by atoms with E-state index in [-0.39, 0.29) is 11.3 Å². The molecular weight excluding hydrogens is 326 g/mol. The summed E-state index contributed by atoms with van der Waals surface area (Å²) >= 11 is 0. The van der Waals surface area contributed by atoms with E-state index in [1.807, 2.05) is 12.1 Å². The van der Waals surface area contributed by atoms with Crippen molar-refractivity contribution in [2.24, 2.45) is 5.16 Å². The second kappa shape index (κ2) is 8.21. The van der Waals surface area contributed by atoms with Crippen molar-refractivity contribution in [2.45, 2.75) is 46.0 Å². The topological polar surface area (TPSA) is 57.7 Å². The van der Waals surface area contributed by atoms with Gasteiger partial charge in [-0.1, -0.05) is 42.6 Å². The maximum Gasteiger partial charge on any atom is 0.261 e. The van der Waals surface area contributed by atoms with Crippen molar-refractivity contribution in [1.29, 1.82) is 0 Å². The van der Waals surface area contributed by atoms with Gasteiger partial charge in [-0.3, -0.25) is 4.79 Å². The molecule has 2 aromatic rings. The van der Waals surface area contributed by atoms with Gasteiger partial charge < -0.3 is 14.7 Å². The minimum Gasteiger partial charge on any atom is -0.370 e. The lowest BCUT2D eigenvalue weighted by atomic mass is 10.0. The van der Waals surface area contributed by atoms with Crippen molar-refractivity contribution in [3.8, 4) is 0 Å². The van der Waals surface area contributed by atoms with Gasteiger partial charge in [0, 0.05) is 24.7 Å². The number of aromatic amines is 1. The van der Waals surface area contributed by atoms with Crippen LogP contribution in [-0.2, 0) is 4.84 Å². The molecule has 5 nitrogen and oxygen atoms in total. The Bertz CT molecular complexity index is 875. The highest BCUT2D eigenvalue weighted by molar-refractivity contribution is 5.97. The second-order valence-corrected chi connectivity index (χ2v) is 6.86. The Morgan fingerprint density at radius 2 is 1.92 bits per heavy atom. The molecule has 1 aromatic heterocycles.